The molecule has 4 N–H and O–H groups in total. The van der Waals surface area contributed by atoms with Gasteiger partial charge >= 0.3 is 0 Å². The van der Waals surface area contributed by atoms with E-state index in [9.17, 15) is 20.1 Å². The molecule has 0 amide bonds. The summed E-state index contributed by atoms with van der Waals surface area (Å²) in [5.74, 6) is -0.572. The summed E-state index contributed by atoms with van der Waals surface area (Å²) in [6, 6.07) is 2.62. The van der Waals surface area contributed by atoms with Crippen LogP contribution in [-0.2, 0) is 0 Å². The van der Waals surface area contributed by atoms with E-state index in [4.69, 9.17) is 4.74 Å². The lowest BCUT2D eigenvalue weighted by molar-refractivity contribution is 0.0930. The number of aromatic hydroxyl groups is 2. The van der Waals surface area contributed by atoms with Gasteiger partial charge in [0.2, 0.25) is 0 Å². The van der Waals surface area contributed by atoms with Crippen LogP contribution in [0.1, 0.15) is 44.5 Å². The van der Waals surface area contributed by atoms with Crippen LogP contribution in [0, 0.1) is 5.92 Å². The highest BCUT2D eigenvalue weighted by Crippen LogP contribution is 2.34. The maximum atomic E-state index is 12.3. The minimum Gasteiger partial charge on any atom is -0.508 e. The smallest absolute Gasteiger partial charge is 0.170 e. The molecule has 0 unspecified atom stereocenters. The van der Waals surface area contributed by atoms with Gasteiger partial charge in [0.1, 0.15) is 35.5 Å². The second-order valence-corrected chi connectivity index (χ2v) is 6.39. The number of carbonyl (C=O) groups is 1. The number of Topliss-reactive ketones (excluding diaryl/α,β-unsaturated/α-hetero) is 1. The lowest BCUT2D eigenvalue weighted by Gasteiger charge is -2.17. The summed E-state index contributed by atoms with van der Waals surface area (Å²) in [4.78, 5) is 12.3. The third kappa shape index (κ3) is 6.46. The second kappa shape index (κ2) is 8.74. The number of hydrogen-bond donors (Lipinski definition) is 4. The number of aliphatic hydroxyl groups is 1. The Morgan fingerprint density at radius 2 is 1.87 bits per heavy atom. The summed E-state index contributed by atoms with van der Waals surface area (Å²) in [6.07, 6.45) is -0.512. The van der Waals surface area contributed by atoms with Gasteiger partial charge in [0, 0.05) is 31.1 Å². The molecule has 6 nitrogen and oxygen atoms in total. The summed E-state index contributed by atoms with van der Waals surface area (Å²) < 4.78 is 5.46. The fourth-order valence-electron chi connectivity index (χ4n) is 2.07. The Kier molecular flexibility index (Phi) is 7.32. The van der Waals surface area contributed by atoms with Crippen LogP contribution in [0.25, 0.3) is 0 Å². The molecule has 0 saturated carbocycles. The Hall–Kier alpha value is -1.79. The number of phenolic OH excluding ortho intramolecular Hbond substituents is 2. The van der Waals surface area contributed by atoms with E-state index < -0.39 is 6.10 Å². The minimum absolute atomic E-state index is 0.0421. The van der Waals surface area contributed by atoms with Crippen molar-refractivity contribution in [2.75, 3.05) is 13.2 Å². The summed E-state index contributed by atoms with van der Waals surface area (Å²) in [7, 11) is 0. The van der Waals surface area contributed by atoms with E-state index in [1.165, 1.54) is 6.07 Å². The first-order valence-electron chi connectivity index (χ1n) is 7.84. The van der Waals surface area contributed by atoms with E-state index in [0.717, 1.165) is 6.07 Å². The summed E-state index contributed by atoms with van der Waals surface area (Å²) >= 11 is 0. The third-order valence-corrected chi connectivity index (χ3v) is 3.13. The van der Waals surface area contributed by atoms with Crippen LogP contribution < -0.4 is 10.1 Å². The molecular formula is C17H27NO5. The van der Waals surface area contributed by atoms with E-state index >= 15 is 0 Å². The molecule has 0 aliphatic rings. The van der Waals surface area contributed by atoms with E-state index in [-0.39, 0.29) is 53.6 Å². The van der Waals surface area contributed by atoms with E-state index in [0.29, 0.717) is 6.54 Å². The lowest BCUT2D eigenvalue weighted by Crippen LogP contribution is -2.35. The van der Waals surface area contributed by atoms with Crippen LogP contribution in [0.4, 0.5) is 0 Å². The zero-order valence-electron chi connectivity index (χ0n) is 14.2. The Labute approximate surface area is 137 Å². The quantitative estimate of drug-likeness (QED) is 0.519. The van der Waals surface area contributed by atoms with Gasteiger partial charge in [-0.3, -0.25) is 4.79 Å². The van der Waals surface area contributed by atoms with Crippen molar-refractivity contribution in [2.24, 2.45) is 5.92 Å². The van der Waals surface area contributed by atoms with Crippen molar-refractivity contribution in [3.8, 4) is 17.2 Å². The number of benzene rings is 1. The topological polar surface area (TPSA) is 99.0 Å². The number of carbonyl (C=O) groups excluding carboxylic acids is 1. The highest BCUT2D eigenvalue weighted by atomic mass is 16.5. The summed E-state index contributed by atoms with van der Waals surface area (Å²) in [5, 5.41) is 32.5. The maximum Gasteiger partial charge on any atom is 0.170 e. The first-order chi connectivity index (χ1) is 10.7. The first-order valence-corrected chi connectivity index (χ1v) is 7.84. The number of phenols is 2. The van der Waals surface area contributed by atoms with Crippen molar-refractivity contribution < 1.29 is 24.9 Å². The fraction of sp³-hybridized carbons (Fsp3) is 0.588. The molecular weight excluding hydrogens is 298 g/mol. The van der Waals surface area contributed by atoms with Crippen LogP contribution in [-0.4, -0.2) is 46.4 Å². The molecule has 0 spiro atoms. The van der Waals surface area contributed by atoms with Crippen molar-refractivity contribution in [1.82, 2.24) is 5.32 Å². The van der Waals surface area contributed by atoms with Crippen LogP contribution in [0.2, 0.25) is 0 Å². The van der Waals surface area contributed by atoms with Gasteiger partial charge in [-0.25, -0.2) is 0 Å². The molecule has 1 atom stereocenters. The van der Waals surface area contributed by atoms with E-state index in [1.54, 1.807) is 0 Å². The van der Waals surface area contributed by atoms with Gasteiger partial charge in [0.25, 0.3) is 0 Å². The molecule has 0 saturated heterocycles. The van der Waals surface area contributed by atoms with Gasteiger partial charge in [-0.1, -0.05) is 27.7 Å². The maximum absolute atomic E-state index is 12.3. The van der Waals surface area contributed by atoms with Crippen molar-refractivity contribution in [1.29, 1.82) is 0 Å². The molecule has 0 radical (unpaired) electrons. The zero-order valence-corrected chi connectivity index (χ0v) is 14.2. The molecule has 0 bridgehead atoms. The Bertz CT molecular complexity index is 528. The Balaban J connectivity index is 2.86. The van der Waals surface area contributed by atoms with Crippen molar-refractivity contribution >= 4 is 5.78 Å². The van der Waals surface area contributed by atoms with Gasteiger partial charge in [-0.2, -0.15) is 0 Å². The van der Waals surface area contributed by atoms with Crippen molar-refractivity contribution in [3.63, 3.8) is 0 Å². The predicted molar refractivity (Wildman–Crippen MR) is 88.2 cm³/mol. The number of ketones is 1. The standard InChI is InChI=1S/C17H27NO5/c1-10(2)5-14(21)17-15(22)6-12(19)7-16(17)23-9-13(20)8-18-11(3)4/h6-7,10-11,13,18-20,22H,5,8-9H2,1-4H3/t13-/m0/s1. The molecule has 0 aliphatic carbocycles. The Morgan fingerprint density at radius 3 is 2.43 bits per heavy atom. The van der Waals surface area contributed by atoms with Crippen LogP contribution in [0.5, 0.6) is 17.2 Å². The Morgan fingerprint density at radius 1 is 1.22 bits per heavy atom. The number of nitrogens with one attached hydrogen (secondary N) is 1. The van der Waals surface area contributed by atoms with Crippen LogP contribution >= 0.6 is 0 Å². The predicted octanol–water partition coefficient (Wildman–Crippen LogP) is 2.06. The normalized spacial score (nSPS) is 12.7. The molecule has 0 aromatic heterocycles. The van der Waals surface area contributed by atoms with Crippen molar-refractivity contribution in [3.05, 3.63) is 17.7 Å². The average molecular weight is 325 g/mol. The fourth-order valence-corrected chi connectivity index (χ4v) is 2.07. The average Bonchev–Trinajstić information content (AvgIpc) is 2.41. The van der Waals surface area contributed by atoms with Gasteiger partial charge in [0.15, 0.2) is 5.78 Å². The van der Waals surface area contributed by atoms with Gasteiger partial charge in [-0.15, -0.1) is 0 Å². The number of aliphatic hydroxyl groups excluding tert-OH is 1. The van der Waals surface area contributed by atoms with E-state index in [2.05, 4.69) is 5.32 Å². The zero-order chi connectivity index (χ0) is 17.6. The molecule has 23 heavy (non-hydrogen) atoms. The minimum atomic E-state index is -0.769. The largest absolute Gasteiger partial charge is 0.508 e. The molecule has 0 fully saturated rings. The summed E-state index contributed by atoms with van der Waals surface area (Å²) in [5.41, 5.74) is 0.0421. The van der Waals surface area contributed by atoms with Gasteiger partial charge in [0.05, 0.1) is 0 Å². The molecule has 0 aliphatic heterocycles. The SMILES string of the molecule is CC(C)CC(=O)c1c(O)cc(O)cc1OC[C@@H](O)CNC(C)C. The molecule has 0 heterocycles. The first kappa shape index (κ1) is 19.3. The molecule has 130 valence electrons. The van der Waals surface area contributed by atoms with Gasteiger partial charge < -0.3 is 25.4 Å². The molecule has 1 aromatic rings. The molecule has 1 rings (SSSR count). The number of hydrogen-bond acceptors (Lipinski definition) is 6. The van der Waals surface area contributed by atoms with Crippen LogP contribution in [0.15, 0.2) is 12.1 Å². The highest BCUT2D eigenvalue weighted by molar-refractivity contribution is 6.01. The molecule has 6 heteroatoms. The highest BCUT2D eigenvalue weighted by Gasteiger charge is 2.21. The van der Waals surface area contributed by atoms with Gasteiger partial charge in [-0.05, 0) is 5.92 Å². The second-order valence-electron chi connectivity index (χ2n) is 6.39. The monoisotopic (exact) mass is 325 g/mol. The summed E-state index contributed by atoms with van der Waals surface area (Å²) in [6.45, 7) is 8.02. The number of ether oxygens (including phenoxy) is 1. The molecule has 1 aromatic carbocycles. The third-order valence-electron chi connectivity index (χ3n) is 3.13. The van der Waals surface area contributed by atoms with E-state index in [1.807, 2.05) is 27.7 Å². The van der Waals surface area contributed by atoms with Crippen LogP contribution in [0.3, 0.4) is 0 Å². The number of rotatable bonds is 9. The lowest BCUT2D eigenvalue weighted by atomic mass is 9.99. The van der Waals surface area contributed by atoms with Crippen molar-refractivity contribution in [2.45, 2.75) is 46.3 Å².